The van der Waals surface area contributed by atoms with Crippen molar-refractivity contribution in [2.45, 2.75) is 0 Å². The highest BCUT2D eigenvalue weighted by Gasteiger charge is 2.31. The van der Waals surface area contributed by atoms with Crippen molar-refractivity contribution < 1.29 is 14.3 Å². The van der Waals surface area contributed by atoms with Gasteiger partial charge in [-0.15, -0.1) is 0 Å². The third-order valence-corrected chi connectivity index (χ3v) is 3.14. The van der Waals surface area contributed by atoms with Crippen molar-refractivity contribution in [1.82, 2.24) is 9.80 Å². The number of carbonyl (C=O) groups is 2. The number of nitrogens with zero attached hydrogens (tertiary/aromatic N) is 2. The zero-order chi connectivity index (χ0) is 9.97. The zero-order valence-corrected chi connectivity index (χ0v) is 8.59. The minimum Gasteiger partial charge on any atom is -0.379 e. The number of hydrogen-bond donors (Lipinski definition) is 0. The average molecular weight is 216 g/mol. The molecule has 5 nitrogen and oxygen atoms in total. The van der Waals surface area contributed by atoms with Crippen LogP contribution in [-0.2, 0) is 9.53 Å². The molecule has 0 aromatic heterocycles. The maximum atomic E-state index is 11.3. The van der Waals surface area contributed by atoms with Crippen molar-refractivity contribution in [3.63, 3.8) is 0 Å². The topological polar surface area (TPSA) is 49.9 Å². The highest BCUT2D eigenvalue weighted by Crippen LogP contribution is 2.19. The van der Waals surface area contributed by atoms with Crippen LogP contribution in [0.5, 0.6) is 0 Å². The van der Waals surface area contributed by atoms with Gasteiger partial charge in [0.2, 0.25) is 5.91 Å². The Labute approximate surface area is 86.4 Å². The number of rotatable bonds is 2. The molecule has 2 aliphatic heterocycles. The van der Waals surface area contributed by atoms with Crippen LogP contribution in [0.25, 0.3) is 0 Å². The fourth-order valence-corrected chi connectivity index (χ4v) is 2.18. The summed E-state index contributed by atoms with van der Waals surface area (Å²) in [5, 5.41) is -0.124. The van der Waals surface area contributed by atoms with Gasteiger partial charge in [-0.1, -0.05) is 11.8 Å². The van der Waals surface area contributed by atoms with Crippen LogP contribution in [-0.4, -0.2) is 59.7 Å². The van der Waals surface area contributed by atoms with Crippen molar-refractivity contribution in [2.24, 2.45) is 0 Å². The Morgan fingerprint density at radius 1 is 1.29 bits per heavy atom. The Morgan fingerprint density at radius 2 is 2.00 bits per heavy atom. The van der Waals surface area contributed by atoms with Crippen LogP contribution in [0, 0.1) is 0 Å². The molecule has 14 heavy (non-hydrogen) atoms. The van der Waals surface area contributed by atoms with Crippen molar-refractivity contribution in [3.05, 3.63) is 0 Å². The lowest BCUT2D eigenvalue weighted by molar-refractivity contribution is -0.126. The van der Waals surface area contributed by atoms with E-state index in [0.29, 0.717) is 25.6 Å². The van der Waals surface area contributed by atoms with E-state index in [0.717, 1.165) is 24.9 Å². The maximum Gasteiger partial charge on any atom is 0.289 e. The van der Waals surface area contributed by atoms with E-state index >= 15 is 0 Å². The van der Waals surface area contributed by atoms with E-state index in [1.165, 1.54) is 4.90 Å². The van der Waals surface area contributed by atoms with Gasteiger partial charge in [0.15, 0.2) is 0 Å². The second kappa shape index (κ2) is 4.29. The number of morpholine rings is 1. The van der Waals surface area contributed by atoms with E-state index in [1.807, 2.05) is 0 Å². The fraction of sp³-hybridized carbons (Fsp3) is 0.750. The molecule has 0 atom stereocenters. The molecule has 0 radical (unpaired) electrons. The van der Waals surface area contributed by atoms with Gasteiger partial charge in [0.1, 0.15) is 0 Å². The van der Waals surface area contributed by atoms with Gasteiger partial charge in [0.25, 0.3) is 5.24 Å². The third-order valence-electron chi connectivity index (χ3n) is 2.29. The van der Waals surface area contributed by atoms with E-state index < -0.39 is 0 Å². The van der Waals surface area contributed by atoms with E-state index in [4.69, 9.17) is 4.74 Å². The van der Waals surface area contributed by atoms with Gasteiger partial charge < -0.3 is 4.74 Å². The molecule has 0 spiro atoms. The second-order valence-corrected chi connectivity index (χ2v) is 4.17. The first-order valence-electron chi connectivity index (χ1n) is 4.54. The van der Waals surface area contributed by atoms with Gasteiger partial charge in [0.05, 0.1) is 25.6 Å². The lowest BCUT2D eigenvalue weighted by atomic mass is 10.4. The van der Waals surface area contributed by atoms with Gasteiger partial charge in [-0.25, -0.2) is 0 Å². The molecule has 0 aromatic rings. The van der Waals surface area contributed by atoms with Crippen LogP contribution in [0.2, 0.25) is 0 Å². The molecule has 2 saturated heterocycles. The Kier molecular flexibility index (Phi) is 3.05. The van der Waals surface area contributed by atoms with Crippen molar-refractivity contribution >= 4 is 22.9 Å². The van der Waals surface area contributed by atoms with Crippen LogP contribution >= 0.6 is 11.8 Å². The summed E-state index contributed by atoms with van der Waals surface area (Å²) in [6.07, 6.45) is 0. The molecule has 2 heterocycles. The molecule has 0 aliphatic carbocycles. The highest BCUT2D eigenvalue weighted by molar-refractivity contribution is 8.14. The first kappa shape index (κ1) is 9.95. The predicted octanol–water partition coefficient (Wildman–Crippen LogP) is -0.0285. The molecular weight excluding hydrogens is 204 g/mol. The molecular formula is C8H12N2O3S. The Balaban J connectivity index is 1.89. The summed E-state index contributed by atoms with van der Waals surface area (Å²) in [6.45, 7) is 3.38. The number of amides is 2. The van der Waals surface area contributed by atoms with Gasteiger partial charge in [0, 0.05) is 13.1 Å². The molecule has 0 aromatic carbocycles. The van der Waals surface area contributed by atoms with E-state index in [2.05, 4.69) is 4.90 Å². The molecule has 0 N–H and O–H groups in total. The van der Waals surface area contributed by atoms with Crippen LogP contribution in [0.1, 0.15) is 0 Å². The summed E-state index contributed by atoms with van der Waals surface area (Å²) >= 11 is 1.08. The summed E-state index contributed by atoms with van der Waals surface area (Å²) in [5.41, 5.74) is 0. The normalized spacial score (nSPS) is 24.7. The second-order valence-electron chi connectivity index (χ2n) is 3.25. The molecule has 2 amide bonds. The summed E-state index contributed by atoms with van der Waals surface area (Å²) in [6, 6.07) is 0. The van der Waals surface area contributed by atoms with Gasteiger partial charge in [-0.05, 0) is 0 Å². The minimum absolute atomic E-state index is 0.0773. The largest absolute Gasteiger partial charge is 0.379 e. The first-order chi connectivity index (χ1) is 6.77. The van der Waals surface area contributed by atoms with Crippen LogP contribution in [0.4, 0.5) is 4.79 Å². The first-order valence-corrected chi connectivity index (χ1v) is 5.53. The Bertz CT molecular complexity index is 237. The number of ether oxygens (including phenoxy) is 1. The van der Waals surface area contributed by atoms with Crippen molar-refractivity contribution in [2.75, 3.05) is 38.7 Å². The van der Waals surface area contributed by atoms with Crippen molar-refractivity contribution in [1.29, 1.82) is 0 Å². The zero-order valence-electron chi connectivity index (χ0n) is 7.77. The molecule has 2 fully saturated rings. The van der Waals surface area contributed by atoms with Crippen LogP contribution in [0.15, 0.2) is 0 Å². The number of thioether (sulfide) groups is 1. The summed E-state index contributed by atoms with van der Waals surface area (Å²) in [7, 11) is 0. The van der Waals surface area contributed by atoms with E-state index in [9.17, 15) is 9.59 Å². The third kappa shape index (κ3) is 2.08. The van der Waals surface area contributed by atoms with Gasteiger partial charge in [-0.3, -0.25) is 19.4 Å². The monoisotopic (exact) mass is 216 g/mol. The molecule has 0 saturated carbocycles. The van der Waals surface area contributed by atoms with E-state index in [-0.39, 0.29) is 11.1 Å². The average Bonchev–Trinajstić information content (AvgIpc) is 2.51. The maximum absolute atomic E-state index is 11.3. The molecule has 2 rings (SSSR count). The Hall–Kier alpha value is -0.590. The van der Waals surface area contributed by atoms with E-state index in [1.54, 1.807) is 0 Å². The molecule has 78 valence electrons. The molecule has 0 unspecified atom stereocenters. The number of imide groups is 1. The SMILES string of the molecule is O=C1CSC(=O)N1CN1CCOCC1. The minimum atomic E-state index is -0.124. The number of hydrogen-bond acceptors (Lipinski definition) is 5. The summed E-state index contributed by atoms with van der Waals surface area (Å²) < 4.78 is 5.18. The predicted molar refractivity (Wildman–Crippen MR) is 52.0 cm³/mol. The summed E-state index contributed by atoms with van der Waals surface area (Å²) in [4.78, 5) is 25.9. The molecule has 2 aliphatic rings. The lowest BCUT2D eigenvalue weighted by Gasteiger charge is -2.29. The summed E-state index contributed by atoms with van der Waals surface area (Å²) in [5.74, 6) is 0.217. The molecule has 6 heteroatoms. The van der Waals surface area contributed by atoms with Gasteiger partial charge in [-0.2, -0.15) is 0 Å². The van der Waals surface area contributed by atoms with Crippen LogP contribution in [0.3, 0.4) is 0 Å². The standard InChI is InChI=1S/C8H12N2O3S/c11-7-5-14-8(12)10(7)6-9-1-3-13-4-2-9/h1-6H2. The quantitative estimate of drug-likeness (QED) is 0.649. The highest BCUT2D eigenvalue weighted by atomic mass is 32.2. The van der Waals surface area contributed by atoms with Crippen LogP contribution < -0.4 is 0 Å². The molecule has 0 bridgehead atoms. The lowest BCUT2D eigenvalue weighted by Crippen LogP contribution is -2.45. The Morgan fingerprint density at radius 3 is 2.57 bits per heavy atom. The van der Waals surface area contributed by atoms with Crippen molar-refractivity contribution in [3.8, 4) is 0 Å². The smallest absolute Gasteiger partial charge is 0.289 e. The number of carbonyl (C=O) groups excluding carboxylic acids is 2. The fourth-order valence-electron chi connectivity index (χ4n) is 1.46. The van der Waals surface area contributed by atoms with Gasteiger partial charge >= 0.3 is 0 Å².